The van der Waals surface area contributed by atoms with Crippen molar-refractivity contribution in [2.24, 2.45) is 5.92 Å². The third-order valence-electron chi connectivity index (χ3n) is 2.88. The van der Waals surface area contributed by atoms with Crippen LogP contribution in [0.15, 0.2) is 0 Å². The molecule has 0 aromatic heterocycles. The number of nitrogens with one attached hydrogen (secondary N) is 1. The summed E-state index contributed by atoms with van der Waals surface area (Å²) < 4.78 is 55.5. The van der Waals surface area contributed by atoms with Gasteiger partial charge in [-0.3, -0.25) is 10.0 Å². The molecule has 0 atom stereocenters. The van der Waals surface area contributed by atoms with Crippen LogP contribution in [0.1, 0.15) is 19.3 Å². The molecule has 0 unspecified atom stereocenters. The number of halogens is 3. The first-order chi connectivity index (χ1) is 9.87. The number of carboxylic acid groups (broad SMARTS) is 1. The van der Waals surface area contributed by atoms with Crippen molar-refractivity contribution >= 4 is 21.9 Å². The fourth-order valence-electron chi connectivity index (χ4n) is 1.75. The molecule has 130 valence electrons. The number of sulfonamides is 1. The highest BCUT2D eigenvalue weighted by molar-refractivity contribution is 7.88. The average Bonchev–Trinajstić information content (AvgIpc) is 2.37. The van der Waals surface area contributed by atoms with Crippen LogP contribution in [0.5, 0.6) is 0 Å². The Kier molecular flexibility index (Phi) is 7.76. The summed E-state index contributed by atoms with van der Waals surface area (Å²) in [4.78, 5) is 19.8. The molecule has 0 spiro atoms. The quantitative estimate of drug-likeness (QED) is 0.493. The zero-order valence-corrected chi connectivity index (χ0v) is 12.4. The van der Waals surface area contributed by atoms with E-state index in [2.05, 4.69) is 0 Å². The molecule has 1 aliphatic rings. The van der Waals surface area contributed by atoms with Gasteiger partial charge in [-0.2, -0.15) is 13.2 Å². The van der Waals surface area contributed by atoms with E-state index >= 15 is 0 Å². The number of nitrogens with zero attached hydrogens (tertiary/aromatic N) is 1. The van der Waals surface area contributed by atoms with Gasteiger partial charge in [0.05, 0.1) is 6.26 Å². The molecule has 0 aromatic carbocycles. The largest absolute Gasteiger partial charge is 0.490 e. The number of hydrogen-bond donors (Lipinski definition) is 3. The summed E-state index contributed by atoms with van der Waals surface area (Å²) in [6.45, 7) is 0.921. The van der Waals surface area contributed by atoms with Crippen molar-refractivity contribution in [3.8, 4) is 0 Å². The van der Waals surface area contributed by atoms with Crippen LogP contribution in [-0.2, 0) is 19.6 Å². The zero-order chi connectivity index (χ0) is 17.6. The Morgan fingerprint density at radius 3 is 1.95 bits per heavy atom. The number of carbonyl (C=O) groups is 2. The molecule has 8 nitrogen and oxygen atoms in total. The Morgan fingerprint density at radius 1 is 1.27 bits per heavy atom. The molecule has 22 heavy (non-hydrogen) atoms. The lowest BCUT2D eigenvalue weighted by Gasteiger charge is -2.29. The van der Waals surface area contributed by atoms with Gasteiger partial charge < -0.3 is 5.11 Å². The molecule has 0 saturated carbocycles. The molecule has 1 heterocycles. The number of aliphatic carboxylic acids is 1. The molecule has 0 aromatic rings. The molecular weight excluding hydrogens is 333 g/mol. The second-order valence-corrected chi connectivity index (χ2v) is 6.63. The third kappa shape index (κ3) is 8.14. The van der Waals surface area contributed by atoms with E-state index in [-0.39, 0.29) is 12.3 Å². The van der Waals surface area contributed by atoms with Gasteiger partial charge in [0.2, 0.25) is 15.9 Å². The summed E-state index contributed by atoms with van der Waals surface area (Å²) in [5, 5.41) is 15.5. The highest BCUT2D eigenvalue weighted by Gasteiger charge is 2.38. The highest BCUT2D eigenvalue weighted by Crippen LogP contribution is 2.21. The van der Waals surface area contributed by atoms with Crippen molar-refractivity contribution in [2.75, 3.05) is 19.3 Å². The van der Waals surface area contributed by atoms with Crippen LogP contribution in [-0.4, -0.2) is 60.4 Å². The van der Waals surface area contributed by atoms with Crippen LogP contribution in [0, 0.1) is 5.92 Å². The van der Waals surface area contributed by atoms with E-state index < -0.39 is 28.1 Å². The van der Waals surface area contributed by atoms with Gasteiger partial charge in [0.25, 0.3) is 0 Å². The first kappa shape index (κ1) is 20.6. The Morgan fingerprint density at radius 2 is 1.68 bits per heavy atom. The number of alkyl halides is 3. The van der Waals surface area contributed by atoms with Gasteiger partial charge in [-0.05, 0) is 18.8 Å². The minimum Gasteiger partial charge on any atom is -0.475 e. The van der Waals surface area contributed by atoms with Gasteiger partial charge in [0, 0.05) is 19.5 Å². The predicted octanol–water partition coefficient (Wildman–Crippen LogP) is 0.187. The molecule has 12 heteroatoms. The van der Waals surface area contributed by atoms with Crippen molar-refractivity contribution in [1.29, 1.82) is 0 Å². The second kappa shape index (κ2) is 8.29. The maximum absolute atomic E-state index is 11.2. The summed E-state index contributed by atoms with van der Waals surface area (Å²) in [5.41, 5.74) is 1.58. The van der Waals surface area contributed by atoms with Crippen LogP contribution >= 0.6 is 0 Å². The van der Waals surface area contributed by atoms with E-state index in [4.69, 9.17) is 15.1 Å². The van der Waals surface area contributed by atoms with Crippen LogP contribution in [0.25, 0.3) is 0 Å². The van der Waals surface area contributed by atoms with E-state index in [0.29, 0.717) is 25.9 Å². The summed E-state index contributed by atoms with van der Waals surface area (Å²) >= 11 is 0. The number of carbonyl (C=O) groups excluding carboxylic acids is 1. The van der Waals surface area contributed by atoms with E-state index in [1.165, 1.54) is 10.6 Å². The topological polar surface area (TPSA) is 124 Å². The third-order valence-corrected chi connectivity index (χ3v) is 4.19. The normalized spacial score (nSPS) is 17.3. The molecule has 3 N–H and O–H groups in total. The predicted molar refractivity (Wildman–Crippen MR) is 67.4 cm³/mol. The molecule has 1 amide bonds. The van der Waals surface area contributed by atoms with Crippen molar-refractivity contribution < 1.29 is 41.5 Å². The molecule has 0 bridgehead atoms. The SMILES string of the molecule is CS(=O)(=O)N1CCC(CC(=O)NO)CC1.O=C(O)C(F)(F)F. The van der Waals surface area contributed by atoms with Gasteiger partial charge in [-0.25, -0.2) is 23.0 Å². The zero-order valence-electron chi connectivity index (χ0n) is 11.6. The van der Waals surface area contributed by atoms with Crippen molar-refractivity contribution in [3.63, 3.8) is 0 Å². The summed E-state index contributed by atoms with van der Waals surface area (Å²) in [6.07, 6.45) is -2.30. The number of piperidine rings is 1. The van der Waals surface area contributed by atoms with Gasteiger partial charge in [-0.1, -0.05) is 0 Å². The van der Waals surface area contributed by atoms with Crippen molar-refractivity contribution in [2.45, 2.75) is 25.4 Å². The molecule has 0 radical (unpaired) electrons. The lowest BCUT2D eigenvalue weighted by atomic mass is 9.94. The molecule has 1 fully saturated rings. The Balaban J connectivity index is 0.000000534. The van der Waals surface area contributed by atoms with Crippen molar-refractivity contribution in [1.82, 2.24) is 9.79 Å². The molecule has 0 aliphatic carbocycles. The number of hydrogen-bond acceptors (Lipinski definition) is 5. The minimum absolute atomic E-state index is 0.162. The van der Waals surface area contributed by atoms with Gasteiger partial charge >= 0.3 is 12.1 Å². The summed E-state index contributed by atoms with van der Waals surface area (Å²) in [7, 11) is -3.10. The van der Waals surface area contributed by atoms with E-state index in [1.54, 1.807) is 5.48 Å². The van der Waals surface area contributed by atoms with Crippen molar-refractivity contribution in [3.05, 3.63) is 0 Å². The summed E-state index contributed by atoms with van der Waals surface area (Å²) in [6, 6.07) is 0. The monoisotopic (exact) mass is 350 g/mol. The van der Waals surface area contributed by atoms with E-state index in [1.807, 2.05) is 0 Å². The Bertz CT molecular complexity index is 485. The van der Waals surface area contributed by atoms with Crippen LogP contribution < -0.4 is 5.48 Å². The number of carboxylic acids is 1. The van der Waals surface area contributed by atoms with Crippen LogP contribution in [0.2, 0.25) is 0 Å². The molecule has 1 saturated heterocycles. The molecule has 1 aliphatic heterocycles. The molecule has 1 rings (SSSR count). The fourth-order valence-corrected chi connectivity index (χ4v) is 2.63. The first-order valence-corrected chi connectivity index (χ1v) is 7.91. The highest BCUT2D eigenvalue weighted by atomic mass is 32.2. The lowest BCUT2D eigenvalue weighted by Crippen LogP contribution is -2.38. The molecular formula is C10H17F3N2O6S. The van der Waals surface area contributed by atoms with Gasteiger partial charge in [0.15, 0.2) is 0 Å². The van der Waals surface area contributed by atoms with Gasteiger partial charge in [0.1, 0.15) is 0 Å². The Hall–Kier alpha value is -1.40. The number of rotatable bonds is 3. The van der Waals surface area contributed by atoms with E-state index in [9.17, 15) is 26.4 Å². The minimum atomic E-state index is -5.08. The standard InChI is InChI=1S/C8H16N2O4S.C2HF3O2/c1-15(13,14)10-4-2-7(3-5-10)6-8(11)9-12;3-2(4,5)1(6)7/h7,12H,2-6H2,1H3,(H,9,11);(H,6,7). The van der Waals surface area contributed by atoms with Crippen LogP contribution in [0.4, 0.5) is 13.2 Å². The lowest BCUT2D eigenvalue weighted by molar-refractivity contribution is -0.192. The van der Waals surface area contributed by atoms with Crippen LogP contribution in [0.3, 0.4) is 0 Å². The maximum atomic E-state index is 11.2. The maximum Gasteiger partial charge on any atom is 0.490 e. The average molecular weight is 350 g/mol. The number of amides is 1. The summed E-state index contributed by atoms with van der Waals surface area (Å²) in [5.74, 6) is -3.00. The Labute approximate surface area is 124 Å². The van der Waals surface area contributed by atoms with Gasteiger partial charge in [-0.15, -0.1) is 0 Å². The fraction of sp³-hybridized carbons (Fsp3) is 0.800. The second-order valence-electron chi connectivity index (χ2n) is 4.65. The smallest absolute Gasteiger partial charge is 0.475 e. The number of hydroxylamine groups is 1. The van der Waals surface area contributed by atoms with E-state index in [0.717, 1.165) is 0 Å². The first-order valence-electron chi connectivity index (χ1n) is 6.06.